The van der Waals surface area contributed by atoms with Gasteiger partial charge in [-0.15, -0.1) is 0 Å². The van der Waals surface area contributed by atoms with Crippen molar-refractivity contribution in [1.82, 2.24) is 0 Å². The first kappa shape index (κ1) is 23.9. The van der Waals surface area contributed by atoms with Crippen LogP contribution in [0, 0.1) is 5.82 Å². The molecule has 184 valence electrons. The van der Waals surface area contributed by atoms with Gasteiger partial charge in [-0.3, -0.25) is 0 Å². The minimum atomic E-state index is -0.462. The Bertz CT molecular complexity index is 1400. The average Bonchev–Trinajstić information content (AvgIpc) is 2.90. The lowest BCUT2D eigenvalue weighted by molar-refractivity contribution is 0.474. The van der Waals surface area contributed by atoms with Gasteiger partial charge in [0, 0.05) is 11.8 Å². The summed E-state index contributed by atoms with van der Waals surface area (Å²) in [5.41, 5.74) is 4.49. The van der Waals surface area contributed by atoms with Gasteiger partial charge >= 0.3 is 0 Å². The quantitative estimate of drug-likeness (QED) is 0.192. The standard InChI is InChI=1S/C32H25FO4/c33-30-19-24(31(20-1-10-25(34)11-2-20)21-3-12-26(35)13-4-21)9-18-29(30)32(22-5-14-27(36)15-6-22)23-7-16-28(37)17-8-23/h1-19,31-32,34-37H. The molecule has 0 fully saturated rings. The molecule has 0 aromatic heterocycles. The van der Waals surface area contributed by atoms with Gasteiger partial charge in [-0.25, -0.2) is 4.39 Å². The van der Waals surface area contributed by atoms with Crippen LogP contribution in [0.3, 0.4) is 0 Å². The van der Waals surface area contributed by atoms with Crippen molar-refractivity contribution in [1.29, 1.82) is 0 Å². The number of aromatic hydroxyl groups is 4. The number of benzene rings is 5. The van der Waals surface area contributed by atoms with E-state index >= 15 is 4.39 Å². The smallest absolute Gasteiger partial charge is 0.127 e. The fraction of sp³-hybridized carbons (Fsp3) is 0.0625. The van der Waals surface area contributed by atoms with Crippen LogP contribution in [-0.2, 0) is 0 Å². The van der Waals surface area contributed by atoms with E-state index in [0.717, 1.165) is 22.3 Å². The summed E-state index contributed by atoms with van der Waals surface area (Å²) in [7, 11) is 0. The molecule has 0 amide bonds. The van der Waals surface area contributed by atoms with E-state index in [9.17, 15) is 20.4 Å². The van der Waals surface area contributed by atoms with Crippen LogP contribution in [0.15, 0.2) is 115 Å². The van der Waals surface area contributed by atoms with E-state index in [4.69, 9.17) is 0 Å². The van der Waals surface area contributed by atoms with Crippen LogP contribution < -0.4 is 0 Å². The van der Waals surface area contributed by atoms with E-state index in [1.807, 2.05) is 6.07 Å². The van der Waals surface area contributed by atoms with Crippen LogP contribution in [0.4, 0.5) is 4.39 Å². The van der Waals surface area contributed by atoms with Crippen molar-refractivity contribution >= 4 is 0 Å². The number of phenolic OH excluding ortho intramolecular Hbond substituents is 4. The Morgan fingerprint density at radius 2 is 0.676 bits per heavy atom. The van der Waals surface area contributed by atoms with Crippen molar-refractivity contribution in [2.75, 3.05) is 0 Å². The summed E-state index contributed by atoms with van der Waals surface area (Å²) in [6.07, 6.45) is 0. The third-order valence-corrected chi connectivity index (χ3v) is 6.57. The summed E-state index contributed by atoms with van der Waals surface area (Å²) in [5.74, 6) is -0.669. The van der Waals surface area contributed by atoms with Crippen LogP contribution in [0.2, 0.25) is 0 Å². The zero-order valence-electron chi connectivity index (χ0n) is 19.8. The highest BCUT2D eigenvalue weighted by Gasteiger charge is 2.24. The molecule has 0 radical (unpaired) electrons. The second-order valence-electron chi connectivity index (χ2n) is 9.01. The van der Waals surface area contributed by atoms with Crippen molar-refractivity contribution in [3.8, 4) is 23.0 Å². The monoisotopic (exact) mass is 492 g/mol. The van der Waals surface area contributed by atoms with E-state index in [1.54, 1.807) is 103 Å². The van der Waals surface area contributed by atoms with E-state index in [1.165, 1.54) is 6.07 Å². The normalized spacial score (nSPS) is 11.2. The summed E-state index contributed by atoms with van der Waals surface area (Å²) in [6.45, 7) is 0. The fourth-order valence-electron chi connectivity index (χ4n) is 4.75. The van der Waals surface area contributed by atoms with Gasteiger partial charge < -0.3 is 20.4 Å². The molecule has 0 bridgehead atoms. The molecule has 0 heterocycles. The summed E-state index contributed by atoms with van der Waals surface area (Å²) in [6, 6.07) is 32.1. The highest BCUT2D eigenvalue weighted by atomic mass is 19.1. The Balaban J connectivity index is 1.62. The number of hydrogen-bond acceptors (Lipinski definition) is 4. The lowest BCUT2D eigenvalue weighted by Crippen LogP contribution is -2.08. The molecular weight excluding hydrogens is 467 g/mol. The van der Waals surface area contributed by atoms with Crippen molar-refractivity contribution < 1.29 is 24.8 Å². The summed E-state index contributed by atoms with van der Waals surface area (Å²) < 4.78 is 16.0. The molecule has 0 unspecified atom stereocenters. The minimum Gasteiger partial charge on any atom is -0.508 e. The maximum absolute atomic E-state index is 16.0. The van der Waals surface area contributed by atoms with Crippen molar-refractivity contribution in [3.63, 3.8) is 0 Å². The first-order valence-corrected chi connectivity index (χ1v) is 11.8. The molecule has 5 rings (SSSR count). The number of halogens is 1. The van der Waals surface area contributed by atoms with Crippen LogP contribution in [0.5, 0.6) is 23.0 Å². The van der Waals surface area contributed by atoms with Crippen molar-refractivity contribution in [3.05, 3.63) is 154 Å². The molecule has 0 spiro atoms. The van der Waals surface area contributed by atoms with Crippen LogP contribution in [0.25, 0.3) is 0 Å². The van der Waals surface area contributed by atoms with Crippen LogP contribution >= 0.6 is 0 Å². The highest BCUT2D eigenvalue weighted by molar-refractivity contribution is 5.50. The first-order valence-electron chi connectivity index (χ1n) is 11.8. The predicted molar refractivity (Wildman–Crippen MR) is 141 cm³/mol. The zero-order valence-corrected chi connectivity index (χ0v) is 19.8. The van der Waals surface area contributed by atoms with Gasteiger partial charge in [0.25, 0.3) is 0 Å². The molecule has 0 saturated heterocycles. The van der Waals surface area contributed by atoms with Gasteiger partial charge in [-0.05, 0) is 88.0 Å². The van der Waals surface area contributed by atoms with E-state index in [0.29, 0.717) is 11.1 Å². The Kier molecular flexibility index (Phi) is 6.52. The molecule has 5 aromatic rings. The van der Waals surface area contributed by atoms with E-state index < -0.39 is 11.7 Å². The largest absolute Gasteiger partial charge is 0.508 e. The van der Waals surface area contributed by atoms with Crippen molar-refractivity contribution in [2.45, 2.75) is 11.8 Å². The lowest BCUT2D eigenvalue weighted by atomic mass is 9.81. The molecule has 0 saturated carbocycles. The minimum absolute atomic E-state index is 0.120. The second-order valence-corrected chi connectivity index (χ2v) is 9.01. The first-order chi connectivity index (χ1) is 17.9. The Morgan fingerprint density at radius 1 is 0.378 bits per heavy atom. The number of rotatable bonds is 6. The number of phenols is 4. The molecule has 4 nitrogen and oxygen atoms in total. The van der Waals surface area contributed by atoms with Gasteiger partial charge in [-0.2, -0.15) is 0 Å². The van der Waals surface area contributed by atoms with E-state index in [-0.39, 0.29) is 28.9 Å². The van der Waals surface area contributed by atoms with Gasteiger partial charge in [0.1, 0.15) is 28.8 Å². The highest BCUT2D eigenvalue weighted by Crippen LogP contribution is 2.38. The average molecular weight is 493 g/mol. The summed E-state index contributed by atoms with van der Waals surface area (Å²) in [5, 5.41) is 39.1. The molecule has 0 aliphatic heterocycles. The third-order valence-electron chi connectivity index (χ3n) is 6.57. The summed E-state index contributed by atoms with van der Waals surface area (Å²) in [4.78, 5) is 0. The number of hydrogen-bond donors (Lipinski definition) is 4. The van der Waals surface area contributed by atoms with Gasteiger partial charge in [0.05, 0.1) is 0 Å². The van der Waals surface area contributed by atoms with Crippen LogP contribution in [-0.4, -0.2) is 20.4 Å². The molecule has 37 heavy (non-hydrogen) atoms. The van der Waals surface area contributed by atoms with Crippen LogP contribution in [0.1, 0.15) is 45.2 Å². The molecule has 0 aliphatic rings. The zero-order chi connectivity index (χ0) is 25.9. The SMILES string of the molecule is Oc1ccc(C(c2ccc(O)cc2)c2ccc(C(c3ccc(O)cc3)c3ccc(O)cc3)c(F)c2)cc1. The molecule has 4 N–H and O–H groups in total. The van der Waals surface area contributed by atoms with E-state index in [2.05, 4.69) is 0 Å². The molecular formula is C32H25FO4. The maximum Gasteiger partial charge on any atom is 0.127 e. The Hall–Kier alpha value is -4.77. The van der Waals surface area contributed by atoms with Gasteiger partial charge in [0.2, 0.25) is 0 Å². The van der Waals surface area contributed by atoms with Crippen molar-refractivity contribution in [2.24, 2.45) is 0 Å². The molecule has 5 aromatic carbocycles. The molecule has 0 aliphatic carbocycles. The topological polar surface area (TPSA) is 80.9 Å². The van der Waals surface area contributed by atoms with Gasteiger partial charge in [0.15, 0.2) is 0 Å². The fourth-order valence-corrected chi connectivity index (χ4v) is 4.75. The Morgan fingerprint density at radius 3 is 1.00 bits per heavy atom. The second kappa shape index (κ2) is 10.1. The van der Waals surface area contributed by atoms with Gasteiger partial charge in [-0.1, -0.05) is 60.7 Å². The summed E-state index contributed by atoms with van der Waals surface area (Å²) >= 11 is 0. The molecule has 5 heteroatoms. The third kappa shape index (κ3) is 5.11. The maximum atomic E-state index is 16.0. The predicted octanol–water partition coefficient (Wildman–Crippen LogP) is 7.01. The Labute approximate surface area is 214 Å². The lowest BCUT2D eigenvalue weighted by Gasteiger charge is -2.23. The molecule has 0 atom stereocenters.